The highest BCUT2D eigenvalue weighted by atomic mass is 16.1. The third-order valence-corrected chi connectivity index (χ3v) is 2.23. The summed E-state index contributed by atoms with van der Waals surface area (Å²) in [4.78, 5) is 20.9. The van der Waals surface area contributed by atoms with Crippen molar-refractivity contribution < 1.29 is 9.59 Å². The van der Waals surface area contributed by atoms with Crippen LogP contribution in [0.1, 0.15) is 30.7 Å². The first-order valence-corrected chi connectivity index (χ1v) is 4.82. The summed E-state index contributed by atoms with van der Waals surface area (Å²) in [5.74, 6) is -0.0591. The van der Waals surface area contributed by atoms with E-state index in [-0.39, 0.29) is 5.92 Å². The molecule has 0 aliphatic heterocycles. The molecule has 14 heavy (non-hydrogen) atoms. The zero-order chi connectivity index (χ0) is 10.2. The summed E-state index contributed by atoms with van der Waals surface area (Å²) in [6.45, 7) is 0. The van der Waals surface area contributed by atoms with Crippen LogP contribution in [0.3, 0.4) is 0 Å². The van der Waals surface area contributed by atoms with Crippen LogP contribution in [-0.4, -0.2) is 12.6 Å². The third kappa shape index (κ3) is 3.13. The van der Waals surface area contributed by atoms with Gasteiger partial charge in [0.2, 0.25) is 0 Å². The molecule has 0 saturated heterocycles. The van der Waals surface area contributed by atoms with E-state index in [4.69, 9.17) is 0 Å². The number of carbonyl (C=O) groups is 2. The molecule has 0 saturated carbocycles. The van der Waals surface area contributed by atoms with Gasteiger partial charge in [0.25, 0.3) is 0 Å². The molecule has 0 aromatic heterocycles. The summed E-state index contributed by atoms with van der Waals surface area (Å²) < 4.78 is 0. The third-order valence-electron chi connectivity index (χ3n) is 2.23. The van der Waals surface area contributed by atoms with E-state index in [0.717, 1.165) is 31.0 Å². The van der Waals surface area contributed by atoms with Crippen molar-refractivity contribution >= 4 is 12.6 Å². The molecule has 1 atom stereocenters. The van der Waals surface area contributed by atoms with Crippen LogP contribution in [0.5, 0.6) is 0 Å². The first-order valence-electron chi connectivity index (χ1n) is 4.82. The van der Waals surface area contributed by atoms with Crippen molar-refractivity contribution in [2.24, 2.45) is 0 Å². The molecule has 0 bridgehead atoms. The van der Waals surface area contributed by atoms with Crippen LogP contribution in [0.2, 0.25) is 0 Å². The first kappa shape index (κ1) is 10.6. The fourth-order valence-corrected chi connectivity index (χ4v) is 1.43. The summed E-state index contributed by atoms with van der Waals surface area (Å²) in [6.07, 6.45) is 3.93. The topological polar surface area (TPSA) is 34.1 Å². The van der Waals surface area contributed by atoms with E-state index in [0.29, 0.717) is 6.42 Å². The van der Waals surface area contributed by atoms with Gasteiger partial charge in [-0.15, -0.1) is 0 Å². The van der Waals surface area contributed by atoms with Crippen molar-refractivity contribution in [3.8, 4) is 0 Å². The van der Waals surface area contributed by atoms with Crippen LogP contribution < -0.4 is 0 Å². The normalized spacial score (nSPS) is 12.0. The Hall–Kier alpha value is -1.44. The van der Waals surface area contributed by atoms with Gasteiger partial charge in [-0.2, -0.15) is 0 Å². The summed E-state index contributed by atoms with van der Waals surface area (Å²) in [5.41, 5.74) is 1.04. The molecular formula is C12H14O2. The van der Waals surface area contributed by atoms with E-state index in [1.807, 2.05) is 30.3 Å². The van der Waals surface area contributed by atoms with Gasteiger partial charge in [0.05, 0.1) is 0 Å². The number of carbonyl (C=O) groups excluding carboxylic acids is 2. The van der Waals surface area contributed by atoms with E-state index in [1.54, 1.807) is 0 Å². The number of rotatable bonds is 6. The number of hydrogen-bond donors (Lipinski definition) is 0. The van der Waals surface area contributed by atoms with Crippen molar-refractivity contribution in [1.29, 1.82) is 0 Å². The van der Waals surface area contributed by atoms with Crippen LogP contribution in [-0.2, 0) is 9.59 Å². The Morgan fingerprint density at radius 1 is 1.14 bits per heavy atom. The van der Waals surface area contributed by atoms with Crippen LogP contribution >= 0.6 is 0 Å². The molecule has 0 fully saturated rings. The molecule has 2 nitrogen and oxygen atoms in total. The fourth-order valence-electron chi connectivity index (χ4n) is 1.43. The summed E-state index contributed by atoms with van der Waals surface area (Å²) in [7, 11) is 0. The van der Waals surface area contributed by atoms with Gasteiger partial charge in [-0.1, -0.05) is 30.3 Å². The van der Waals surface area contributed by atoms with Gasteiger partial charge in [-0.3, -0.25) is 0 Å². The highest BCUT2D eigenvalue weighted by Gasteiger charge is 2.08. The molecule has 0 unspecified atom stereocenters. The minimum Gasteiger partial charge on any atom is -0.303 e. The van der Waals surface area contributed by atoms with E-state index < -0.39 is 0 Å². The lowest BCUT2D eigenvalue weighted by atomic mass is 9.95. The van der Waals surface area contributed by atoms with Gasteiger partial charge in [0.15, 0.2) is 0 Å². The average molecular weight is 190 g/mol. The largest absolute Gasteiger partial charge is 0.303 e. The maximum atomic E-state index is 10.8. The summed E-state index contributed by atoms with van der Waals surface area (Å²) in [5, 5.41) is 0. The quantitative estimate of drug-likeness (QED) is 0.509. The van der Waals surface area contributed by atoms with Crippen LogP contribution in [0.4, 0.5) is 0 Å². The number of aldehydes is 2. The number of unbranched alkanes of at least 4 members (excludes halogenated alkanes) is 1. The molecular weight excluding hydrogens is 176 g/mol. The van der Waals surface area contributed by atoms with Gasteiger partial charge < -0.3 is 9.59 Å². The summed E-state index contributed by atoms with van der Waals surface area (Å²) >= 11 is 0. The van der Waals surface area contributed by atoms with Crippen LogP contribution in [0.25, 0.3) is 0 Å². The zero-order valence-corrected chi connectivity index (χ0v) is 8.06. The van der Waals surface area contributed by atoms with Gasteiger partial charge in [-0.25, -0.2) is 0 Å². The van der Waals surface area contributed by atoms with Gasteiger partial charge >= 0.3 is 0 Å². The Morgan fingerprint density at radius 3 is 2.43 bits per heavy atom. The van der Waals surface area contributed by atoms with Crippen molar-refractivity contribution in [1.82, 2.24) is 0 Å². The maximum absolute atomic E-state index is 10.8. The second kappa shape index (κ2) is 6.08. The maximum Gasteiger partial charge on any atom is 0.127 e. The molecule has 1 rings (SSSR count). The Kier molecular flexibility index (Phi) is 4.62. The van der Waals surface area contributed by atoms with Crippen LogP contribution in [0.15, 0.2) is 30.3 Å². The molecule has 0 heterocycles. The van der Waals surface area contributed by atoms with E-state index in [2.05, 4.69) is 0 Å². The number of hydrogen-bond acceptors (Lipinski definition) is 2. The van der Waals surface area contributed by atoms with Crippen molar-refractivity contribution in [3.05, 3.63) is 35.9 Å². The Labute approximate surface area is 83.9 Å². The van der Waals surface area contributed by atoms with Gasteiger partial charge in [0.1, 0.15) is 12.6 Å². The fraction of sp³-hybridized carbons (Fsp3) is 0.333. The Balaban J connectivity index is 2.54. The van der Waals surface area contributed by atoms with Crippen molar-refractivity contribution in [3.63, 3.8) is 0 Å². The van der Waals surface area contributed by atoms with Crippen LogP contribution in [0, 0.1) is 0 Å². The lowest BCUT2D eigenvalue weighted by Gasteiger charge is -2.08. The van der Waals surface area contributed by atoms with E-state index in [9.17, 15) is 9.59 Å². The van der Waals surface area contributed by atoms with E-state index >= 15 is 0 Å². The molecule has 0 aliphatic rings. The molecule has 0 radical (unpaired) electrons. The van der Waals surface area contributed by atoms with Crippen molar-refractivity contribution in [2.75, 3.05) is 0 Å². The highest BCUT2D eigenvalue weighted by Crippen LogP contribution is 2.18. The molecule has 2 heteroatoms. The molecule has 0 spiro atoms. The SMILES string of the molecule is O=CCCC[C@@H](C=O)c1ccccc1. The van der Waals surface area contributed by atoms with E-state index in [1.165, 1.54) is 0 Å². The molecule has 1 aromatic carbocycles. The monoisotopic (exact) mass is 190 g/mol. The molecule has 0 aliphatic carbocycles. The van der Waals surface area contributed by atoms with Crippen molar-refractivity contribution in [2.45, 2.75) is 25.2 Å². The minimum atomic E-state index is -0.0591. The second-order valence-corrected chi connectivity index (χ2v) is 3.25. The number of benzene rings is 1. The standard InChI is InChI=1S/C12H14O2/c13-9-5-4-8-12(10-14)11-6-2-1-3-7-11/h1-3,6-7,9-10,12H,4-5,8H2/t12-/m0/s1. The van der Waals surface area contributed by atoms with Gasteiger partial charge in [-0.05, 0) is 18.4 Å². The molecule has 0 N–H and O–H groups in total. The summed E-state index contributed by atoms with van der Waals surface area (Å²) in [6, 6.07) is 9.66. The molecule has 1 aromatic rings. The lowest BCUT2D eigenvalue weighted by molar-refractivity contribution is -0.110. The lowest BCUT2D eigenvalue weighted by Crippen LogP contribution is -2.00. The highest BCUT2D eigenvalue weighted by molar-refractivity contribution is 5.62. The predicted molar refractivity (Wildman–Crippen MR) is 55.2 cm³/mol. The zero-order valence-electron chi connectivity index (χ0n) is 8.06. The Bertz CT molecular complexity index is 280. The predicted octanol–water partition coefficient (Wildman–Crippen LogP) is 2.34. The first-order chi connectivity index (χ1) is 6.88. The second-order valence-electron chi connectivity index (χ2n) is 3.25. The minimum absolute atomic E-state index is 0.0591. The average Bonchev–Trinajstić information content (AvgIpc) is 2.26. The van der Waals surface area contributed by atoms with Gasteiger partial charge in [0, 0.05) is 12.3 Å². The smallest absolute Gasteiger partial charge is 0.127 e. The molecule has 0 amide bonds. The molecule has 74 valence electrons. The Morgan fingerprint density at radius 2 is 1.86 bits per heavy atom.